The minimum atomic E-state index is -0.0211. The second-order valence-electron chi connectivity index (χ2n) is 5.94. The van der Waals surface area contributed by atoms with Crippen LogP contribution >= 0.6 is 0 Å². The summed E-state index contributed by atoms with van der Waals surface area (Å²) in [5.41, 5.74) is 3.77. The minimum absolute atomic E-state index is 0.0211. The summed E-state index contributed by atoms with van der Waals surface area (Å²) in [6, 6.07) is 9.68. The number of pyridine rings is 1. The molecule has 130 valence electrons. The van der Waals surface area contributed by atoms with Crippen molar-refractivity contribution in [1.82, 2.24) is 19.9 Å². The summed E-state index contributed by atoms with van der Waals surface area (Å²) in [6.45, 7) is 5.27. The van der Waals surface area contributed by atoms with Crippen LogP contribution in [0.2, 0.25) is 0 Å². The molecule has 0 aliphatic rings. The Morgan fingerprint density at radius 2 is 2.12 bits per heavy atom. The maximum Gasteiger partial charge on any atom is 0.257 e. The maximum absolute atomic E-state index is 12.8. The van der Waals surface area contributed by atoms with Crippen LogP contribution in [-0.4, -0.2) is 45.9 Å². The Labute approximate surface area is 147 Å². The van der Waals surface area contributed by atoms with Gasteiger partial charge in [-0.2, -0.15) is 0 Å². The van der Waals surface area contributed by atoms with Gasteiger partial charge in [-0.05, 0) is 37.6 Å². The van der Waals surface area contributed by atoms with Crippen LogP contribution in [0, 0.1) is 6.92 Å². The topological polar surface area (TPSA) is 73.9 Å². The Kier molecular flexibility index (Phi) is 4.97. The number of H-pyrrole nitrogens is 1. The number of imidazole rings is 1. The average Bonchev–Trinajstić information content (AvgIpc) is 3.06. The van der Waals surface area contributed by atoms with Crippen LogP contribution < -0.4 is 5.32 Å². The third kappa shape index (κ3) is 3.47. The molecule has 0 saturated heterocycles. The fourth-order valence-corrected chi connectivity index (χ4v) is 2.94. The third-order valence-electron chi connectivity index (χ3n) is 4.33. The number of aromatic amines is 1. The highest BCUT2D eigenvalue weighted by molar-refractivity contribution is 5.98. The van der Waals surface area contributed by atoms with E-state index in [4.69, 9.17) is 0 Å². The second kappa shape index (κ2) is 7.34. The molecule has 6 heteroatoms. The number of benzene rings is 1. The van der Waals surface area contributed by atoms with Gasteiger partial charge in [0.05, 0.1) is 16.6 Å². The first-order valence-electron chi connectivity index (χ1n) is 8.50. The molecule has 0 radical (unpaired) electrons. The van der Waals surface area contributed by atoms with Crippen molar-refractivity contribution in [3.05, 3.63) is 53.5 Å². The number of hydrogen-bond donors (Lipinski definition) is 2. The van der Waals surface area contributed by atoms with Crippen molar-refractivity contribution in [1.29, 1.82) is 0 Å². The van der Waals surface area contributed by atoms with E-state index in [0.717, 1.165) is 22.4 Å². The number of amides is 1. The van der Waals surface area contributed by atoms with Gasteiger partial charge >= 0.3 is 0 Å². The number of nitrogens with one attached hydrogen (secondary N) is 2. The van der Waals surface area contributed by atoms with Gasteiger partial charge in [0.25, 0.3) is 5.91 Å². The number of nitrogens with zero attached hydrogens (tertiary/aromatic N) is 3. The fraction of sp³-hybridized carbons (Fsp3) is 0.316. The van der Waals surface area contributed by atoms with E-state index in [0.29, 0.717) is 30.9 Å². The molecule has 1 aromatic carbocycles. The summed E-state index contributed by atoms with van der Waals surface area (Å²) in [5.74, 6) is 1.48. The van der Waals surface area contributed by atoms with E-state index in [1.54, 1.807) is 25.4 Å². The second-order valence-corrected chi connectivity index (χ2v) is 5.94. The van der Waals surface area contributed by atoms with Gasteiger partial charge < -0.3 is 15.2 Å². The predicted octanol–water partition coefficient (Wildman–Crippen LogP) is 3.01. The highest BCUT2D eigenvalue weighted by Gasteiger charge is 2.18. The van der Waals surface area contributed by atoms with E-state index >= 15 is 0 Å². The van der Waals surface area contributed by atoms with Gasteiger partial charge in [0.1, 0.15) is 11.6 Å². The summed E-state index contributed by atoms with van der Waals surface area (Å²) < 4.78 is 0. The molecule has 3 rings (SSSR count). The summed E-state index contributed by atoms with van der Waals surface area (Å²) >= 11 is 0. The number of carbonyl (C=O) groups is 1. The number of aromatic nitrogens is 3. The summed E-state index contributed by atoms with van der Waals surface area (Å²) in [5, 5.41) is 2.98. The smallest absolute Gasteiger partial charge is 0.257 e. The zero-order valence-electron chi connectivity index (χ0n) is 14.8. The van der Waals surface area contributed by atoms with Crippen LogP contribution in [0.4, 0.5) is 5.82 Å². The molecule has 2 aromatic heterocycles. The number of likely N-dealkylation sites (N-methyl/N-ethyl adjacent to an activating group) is 1. The SMILES string of the molecule is CCN(CCc1nc2c(C)cccc2[nH]1)C(=O)c1cccnc1NC. The van der Waals surface area contributed by atoms with Gasteiger partial charge in [0.15, 0.2) is 0 Å². The molecule has 0 atom stereocenters. The Bertz CT molecular complexity index is 886. The molecule has 0 bridgehead atoms. The van der Waals surface area contributed by atoms with Crippen molar-refractivity contribution in [2.45, 2.75) is 20.3 Å². The fourth-order valence-electron chi connectivity index (χ4n) is 2.94. The van der Waals surface area contributed by atoms with Crippen LogP contribution in [0.15, 0.2) is 36.5 Å². The molecule has 0 spiro atoms. The minimum Gasteiger partial charge on any atom is -0.372 e. The summed E-state index contributed by atoms with van der Waals surface area (Å²) in [6.07, 6.45) is 2.36. The van der Waals surface area contributed by atoms with Crippen molar-refractivity contribution >= 4 is 22.8 Å². The number of anilines is 1. The van der Waals surface area contributed by atoms with E-state index in [1.165, 1.54) is 0 Å². The summed E-state index contributed by atoms with van der Waals surface area (Å²) in [7, 11) is 1.77. The first-order valence-corrected chi connectivity index (χ1v) is 8.50. The zero-order chi connectivity index (χ0) is 17.8. The molecule has 6 nitrogen and oxygen atoms in total. The first kappa shape index (κ1) is 17.0. The van der Waals surface area contributed by atoms with Gasteiger partial charge in [-0.25, -0.2) is 9.97 Å². The van der Waals surface area contributed by atoms with Crippen molar-refractivity contribution < 1.29 is 4.79 Å². The Morgan fingerprint density at radius 1 is 1.28 bits per heavy atom. The van der Waals surface area contributed by atoms with Gasteiger partial charge in [-0.1, -0.05) is 12.1 Å². The van der Waals surface area contributed by atoms with Gasteiger partial charge in [-0.3, -0.25) is 4.79 Å². The quantitative estimate of drug-likeness (QED) is 0.725. The number of carbonyl (C=O) groups excluding carboxylic acids is 1. The predicted molar refractivity (Wildman–Crippen MR) is 99.9 cm³/mol. The molecule has 0 fully saturated rings. The molecule has 0 unspecified atom stereocenters. The van der Waals surface area contributed by atoms with Crippen LogP contribution in [0.25, 0.3) is 11.0 Å². The number of fused-ring (bicyclic) bond motifs is 1. The van der Waals surface area contributed by atoms with E-state index in [-0.39, 0.29) is 5.91 Å². The lowest BCUT2D eigenvalue weighted by Gasteiger charge is -2.21. The molecule has 1 amide bonds. The van der Waals surface area contributed by atoms with Gasteiger partial charge in [0.2, 0.25) is 0 Å². The van der Waals surface area contributed by atoms with Crippen molar-refractivity contribution in [3.63, 3.8) is 0 Å². The van der Waals surface area contributed by atoms with Crippen LogP contribution in [0.5, 0.6) is 0 Å². The van der Waals surface area contributed by atoms with Crippen molar-refractivity contribution in [2.75, 3.05) is 25.5 Å². The van der Waals surface area contributed by atoms with E-state index in [1.807, 2.05) is 24.0 Å². The molecule has 3 aromatic rings. The number of aryl methyl sites for hydroxylation is 1. The van der Waals surface area contributed by atoms with Gasteiger partial charge in [0, 0.05) is 32.8 Å². The Hall–Kier alpha value is -2.89. The highest BCUT2D eigenvalue weighted by Crippen LogP contribution is 2.17. The molecule has 2 N–H and O–H groups in total. The summed E-state index contributed by atoms with van der Waals surface area (Å²) in [4.78, 5) is 26.9. The molecule has 2 heterocycles. The molecular formula is C19H23N5O. The van der Waals surface area contributed by atoms with Gasteiger partial charge in [-0.15, -0.1) is 0 Å². The lowest BCUT2D eigenvalue weighted by Crippen LogP contribution is -2.33. The van der Waals surface area contributed by atoms with E-state index in [9.17, 15) is 4.79 Å². The number of para-hydroxylation sites is 1. The molecule has 0 saturated carbocycles. The molecular weight excluding hydrogens is 314 g/mol. The Balaban J connectivity index is 1.75. The average molecular weight is 337 g/mol. The monoisotopic (exact) mass is 337 g/mol. The lowest BCUT2D eigenvalue weighted by molar-refractivity contribution is 0.0766. The van der Waals surface area contributed by atoms with Crippen LogP contribution in [0.1, 0.15) is 28.7 Å². The zero-order valence-corrected chi connectivity index (χ0v) is 14.8. The molecule has 25 heavy (non-hydrogen) atoms. The first-order chi connectivity index (χ1) is 12.1. The van der Waals surface area contributed by atoms with Crippen LogP contribution in [0.3, 0.4) is 0 Å². The largest absolute Gasteiger partial charge is 0.372 e. The standard InChI is InChI=1S/C19H23N5O/c1-4-24(19(25)14-8-6-11-21-18(14)20-3)12-10-16-22-15-9-5-7-13(2)17(15)23-16/h5-9,11H,4,10,12H2,1-3H3,(H,20,21)(H,22,23). The number of rotatable bonds is 6. The van der Waals surface area contributed by atoms with E-state index in [2.05, 4.69) is 33.3 Å². The number of hydrogen-bond acceptors (Lipinski definition) is 4. The molecule has 0 aliphatic heterocycles. The van der Waals surface area contributed by atoms with E-state index < -0.39 is 0 Å². The normalized spacial score (nSPS) is 10.8. The van der Waals surface area contributed by atoms with Crippen molar-refractivity contribution in [2.24, 2.45) is 0 Å². The lowest BCUT2D eigenvalue weighted by atomic mass is 10.2. The molecule has 0 aliphatic carbocycles. The third-order valence-corrected chi connectivity index (χ3v) is 4.33. The highest BCUT2D eigenvalue weighted by atomic mass is 16.2. The Morgan fingerprint density at radius 3 is 2.84 bits per heavy atom. The van der Waals surface area contributed by atoms with Crippen molar-refractivity contribution in [3.8, 4) is 0 Å². The maximum atomic E-state index is 12.8. The van der Waals surface area contributed by atoms with Crippen LogP contribution in [-0.2, 0) is 6.42 Å².